The molecule has 44 heavy (non-hydrogen) atoms. The van der Waals surface area contributed by atoms with Gasteiger partial charge in [0.25, 0.3) is 5.91 Å². The van der Waals surface area contributed by atoms with Crippen LogP contribution in [0.3, 0.4) is 0 Å². The number of aliphatic hydroxyl groups is 1. The Morgan fingerprint density at radius 3 is 2.43 bits per heavy atom. The molecule has 12 heteroatoms. The molecule has 1 N–H and O–H groups in total. The van der Waals surface area contributed by atoms with E-state index in [1.165, 1.54) is 18.4 Å². The van der Waals surface area contributed by atoms with E-state index in [9.17, 15) is 23.1 Å². The van der Waals surface area contributed by atoms with Crippen LogP contribution in [0.2, 0.25) is 0 Å². The Kier molecular flexibility index (Phi) is 7.20. The van der Waals surface area contributed by atoms with Crippen LogP contribution in [0.4, 0.5) is 13.2 Å². The van der Waals surface area contributed by atoms with Gasteiger partial charge in [-0.2, -0.15) is 13.2 Å². The molecule has 2 aliphatic heterocycles. The normalized spacial score (nSPS) is 25.7. The van der Waals surface area contributed by atoms with E-state index in [0.29, 0.717) is 36.9 Å². The highest BCUT2D eigenvalue weighted by Gasteiger charge is 2.48. The number of carbonyl (C=O) groups is 1. The first-order valence-electron chi connectivity index (χ1n) is 14.9. The molecule has 2 saturated heterocycles. The molecule has 228 valence electrons. The van der Waals surface area contributed by atoms with E-state index < -0.39 is 17.3 Å². The number of alkyl halides is 3. The molecule has 0 spiro atoms. The summed E-state index contributed by atoms with van der Waals surface area (Å²) >= 11 is 0. The third kappa shape index (κ3) is 5.26. The second-order valence-electron chi connectivity index (χ2n) is 11.8. The minimum Gasteiger partial charge on any atom is -0.444 e. The Bertz CT molecular complexity index is 1640. The Morgan fingerprint density at radius 2 is 1.70 bits per heavy atom. The number of likely N-dealkylation sites (tertiary alicyclic amines) is 2. The minimum absolute atomic E-state index is 0.0181. The van der Waals surface area contributed by atoms with Crippen LogP contribution in [0.25, 0.3) is 22.8 Å². The van der Waals surface area contributed by atoms with Crippen molar-refractivity contribution >= 4 is 5.91 Å². The molecule has 1 aromatic carbocycles. The molecule has 0 unspecified atom stereocenters. The highest BCUT2D eigenvalue weighted by molar-refractivity contribution is 5.93. The summed E-state index contributed by atoms with van der Waals surface area (Å²) in [4.78, 5) is 35.1. The lowest BCUT2D eigenvalue weighted by molar-refractivity contribution is -0.137. The van der Waals surface area contributed by atoms with Gasteiger partial charge in [-0.1, -0.05) is 6.07 Å². The van der Waals surface area contributed by atoms with Crippen molar-refractivity contribution in [3.05, 3.63) is 84.3 Å². The number of nitrogens with zero attached hydrogens (tertiary/aromatic N) is 6. The summed E-state index contributed by atoms with van der Waals surface area (Å²) in [6.07, 6.45) is 6.32. The van der Waals surface area contributed by atoms with Crippen LogP contribution in [0.5, 0.6) is 0 Å². The second kappa shape index (κ2) is 11.1. The van der Waals surface area contributed by atoms with Crippen LogP contribution in [-0.4, -0.2) is 72.0 Å². The van der Waals surface area contributed by atoms with Gasteiger partial charge in [0.2, 0.25) is 5.89 Å². The van der Waals surface area contributed by atoms with E-state index in [4.69, 9.17) is 4.42 Å². The Balaban J connectivity index is 0.981. The standard InChI is InChI=1S/C32H31F3N6O3/c33-32(34,35)22-4-1-3-20(17-22)29-39-24(19-44-29)30(42)41-16-10-25-26(41)9-15-40(25)23-7-11-31(43,12-8-23)27-6-5-21(18-38-27)28-36-13-2-14-37-28/h1-6,13-14,17-19,23,25-26,43H,7-12,15-16H2/t23-,25-,26-,31+/m0/s1. The predicted molar refractivity (Wildman–Crippen MR) is 153 cm³/mol. The molecule has 5 heterocycles. The summed E-state index contributed by atoms with van der Waals surface area (Å²) in [5.74, 6) is 0.305. The van der Waals surface area contributed by atoms with E-state index in [0.717, 1.165) is 49.9 Å². The highest BCUT2D eigenvalue weighted by atomic mass is 19.4. The summed E-state index contributed by atoms with van der Waals surface area (Å²) < 4.78 is 44.9. The first kappa shape index (κ1) is 28.6. The number of carbonyl (C=O) groups excluding carboxylic acids is 1. The molecule has 1 saturated carbocycles. The van der Waals surface area contributed by atoms with E-state index in [2.05, 4.69) is 24.8 Å². The molecule has 0 radical (unpaired) electrons. The molecule has 0 bridgehead atoms. The van der Waals surface area contributed by atoms with Crippen LogP contribution >= 0.6 is 0 Å². The van der Waals surface area contributed by atoms with Crippen molar-refractivity contribution in [2.45, 2.75) is 68.4 Å². The van der Waals surface area contributed by atoms with Gasteiger partial charge in [-0.15, -0.1) is 0 Å². The summed E-state index contributed by atoms with van der Waals surface area (Å²) in [6.45, 7) is 1.44. The minimum atomic E-state index is -4.49. The van der Waals surface area contributed by atoms with E-state index >= 15 is 0 Å². The molecule has 3 fully saturated rings. The molecular weight excluding hydrogens is 573 g/mol. The van der Waals surface area contributed by atoms with E-state index in [-0.39, 0.29) is 35.1 Å². The van der Waals surface area contributed by atoms with Crippen molar-refractivity contribution in [1.29, 1.82) is 0 Å². The van der Waals surface area contributed by atoms with Gasteiger partial charge in [-0.25, -0.2) is 15.0 Å². The summed E-state index contributed by atoms with van der Waals surface area (Å²) in [7, 11) is 0. The van der Waals surface area contributed by atoms with Crippen molar-refractivity contribution in [2.75, 3.05) is 13.1 Å². The SMILES string of the molecule is O=C(c1coc(-c2cccc(C(F)(F)F)c2)n1)N1CC[C@H]2[C@@H]1CCN2[C@H]1CC[C@](O)(c2ccc(-c3ncccn3)cn2)CC1. The number of halogens is 3. The summed E-state index contributed by atoms with van der Waals surface area (Å²) in [5, 5.41) is 11.5. The lowest BCUT2D eigenvalue weighted by atomic mass is 9.79. The molecule has 9 nitrogen and oxygen atoms in total. The number of benzene rings is 1. The topological polar surface area (TPSA) is 108 Å². The molecular formula is C32H31F3N6O3. The fraction of sp³-hybridized carbons (Fsp3) is 0.406. The number of hydrogen-bond donors (Lipinski definition) is 1. The van der Waals surface area contributed by atoms with Gasteiger partial charge < -0.3 is 14.4 Å². The third-order valence-electron chi connectivity index (χ3n) is 9.36. The van der Waals surface area contributed by atoms with Crippen molar-refractivity contribution in [3.63, 3.8) is 0 Å². The summed E-state index contributed by atoms with van der Waals surface area (Å²) in [6, 6.07) is 10.8. The smallest absolute Gasteiger partial charge is 0.416 e. The maximum Gasteiger partial charge on any atom is 0.416 e. The van der Waals surface area contributed by atoms with Gasteiger partial charge in [0, 0.05) is 60.9 Å². The Labute approximate surface area is 251 Å². The average Bonchev–Trinajstić information content (AvgIpc) is 3.79. The maximum absolute atomic E-state index is 13.5. The zero-order valence-electron chi connectivity index (χ0n) is 23.8. The van der Waals surface area contributed by atoms with Gasteiger partial charge in [-0.05, 0) is 74.9 Å². The van der Waals surface area contributed by atoms with Gasteiger partial charge in [0.15, 0.2) is 11.5 Å². The van der Waals surface area contributed by atoms with Gasteiger partial charge >= 0.3 is 6.18 Å². The maximum atomic E-state index is 13.5. The molecule has 7 rings (SSSR count). The quantitative estimate of drug-likeness (QED) is 0.326. The molecule has 2 atom stereocenters. The number of pyridine rings is 1. The van der Waals surface area contributed by atoms with Crippen LogP contribution in [-0.2, 0) is 11.8 Å². The van der Waals surface area contributed by atoms with Crippen LogP contribution in [0.15, 0.2) is 71.7 Å². The van der Waals surface area contributed by atoms with E-state index in [1.54, 1.807) is 24.7 Å². The first-order chi connectivity index (χ1) is 21.2. The van der Waals surface area contributed by atoms with Crippen molar-refractivity contribution in [3.8, 4) is 22.8 Å². The molecule has 4 aromatic rings. The summed E-state index contributed by atoms with van der Waals surface area (Å²) in [5.41, 5.74) is -0.0798. The molecule has 3 aliphatic rings. The largest absolute Gasteiger partial charge is 0.444 e. The van der Waals surface area contributed by atoms with Crippen LogP contribution in [0.1, 0.15) is 60.3 Å². The zero-order chi connectivity index (χ0) is 30.5. The zero-order valence-corrected chi connectivity index (χ0v) is 23.8. The number of hydrogen-bond acceptors (Lipinski definition) is 8. The predicted octanol–water partition coefficient (Wildman–Crippen LogP) is 5.33. The Hall–Kier alpha value is -4.16. The number of fused-ring (bicyclic) bond motifs is 1. The third-order valence-corrected chi connectivity index (χ3v) is 9.36. The monoisotopic (exact) mass is 604 g/mol. The number of aromatic nitrogens is 4. The fourth-order valence-corrected chi connectivity index (χ4v) is 7.12. The molecule has 3 aromatic heterocycles. The van der Waals surface area contributed by atoms with Gasteiger partial charge in [0.1, 0.15) is 11.9 Å². The van der Waals surface area contributed by atoms with E-state index in [1.807, 2.05) is 17.0 Å². The molecule has 1 amide bonds. The second-order valence-corrected chi connectivity index (χ2v) is 11.8. The van der Waals surface area contributed by atoms with Gasteiger partial charge in [0.05, 0.1) is 11.3 Å². The van der Waals surface area contributed by atoms with Gasteiger partial charge in [-0.3, -0.25) is 14.7 Å². The first-order valence-corrected chi connectivity index (χ1v) is 14.9. The van der Waals surface area contributed by atoms with Crippen LogP contribution < -0.4 is 0 Å². The highest BCUT2D eigenvalue weighted by Crippen LogP contribution is 2.42. The lowest BCUT2D eigenvalue weighted by Crippen LogP contribution is -2.46. The lowest BCUT2D eigenvalue weighted by Gasteiger charge is -2.41. The fourth-order valence-electron chi connectivity index (χ4n) is 7.12. The van der Waals surface area contributed by atoms with Crippen molar-refractivity contribution in [2.24, 2.45) is 0 Å². The average molecular weight is 605 g/mol. The number of rotatable bonds is 5. The van der Waals surface area contributed by atoms with Crippen molar-refractivity contribution < 1.29 is 27.5 Å². The number of oxazole rings is 1. The van der Waals surface area contributed by atoms with Crippen molar-refractivity contribution in [1.82, 2.24) is 29.7 Å². The van der Waals surface area contributed by atoms with Crippen LogP contribution in [0, 0.1) is 0 Å². The number of amides is 1. The Morgan fingerprint density at radius 1 is 0.932 bits per heavy atom. The molecule has 1 aliphatic carbocycles.